The fourth-order valence-electron chi connectivity index (χ4n) is 3.05. The highest BCUT2D eigenvalue weighted by Gasteiger charge is 2.40. The Balaban J connectivity index is 2.85. The molecule has 1 atom stereocenters. The lowest BCUT2D eigenvalue weighted by Gasteiger charge is -2.27. The van der Waals surface area contributed by atoms with Gasteiger partial charge in [-0.05, 0) is 40.2 Å². The summed E-state index contributed by atoms with van der Waals surface area (Å²) in [7, 11) is 0. The molecule has 0 bridgehead atoms. The van der Waals surface area contributed by atoms with Gasteiger partial charge in [-0.1, -0.05) is 0 Å². The smallest absolute Gasteiger partial charge is 0.428 e. The minimum absolute atomic E-state index is 0.0527. The van der Waals surface area contributed by atoms with Crippen molar-refractivity contribution in [1.82, 2.24) is 14.1 Å². The monoisotopic (exact) mass is 516 g/mol. The first-order valence-corrected chi connectivity index (χ1v) is 10.6. The molecule has 190 valence electrons. The number of hydrogen-bond acceptors (Lipinski definition) is 5. The molecule has 0 aromatic carbocycles. The number of amides is 1. The second kappa shape index (κ2) is 9.07. The zero-order valence-electron chi connectivity index (χ0n) is 18.7. The van der Waals surface area contributed by atoms with Crippen LogP contribution >= 0.6 is 11.3 Å². The van der Waals surface area contributed by atoms with Gasteiger partial charge in [0.2, 0.25) is 0 Å². The molecule has 0 fully saturated rings. The Bertz CT molecular complexity index is 1230. The molecule has 1 N–H and O–H groups in total. The molecular formula is C19H22F6N4O4S. The Morgan fingerprint density at radius 2 is 1.74 bits per heavy atom. The SMILES string of the molecule is Cc1c(/C=N/N(C(=O)O)C(C)(C)C)sc2c1c(=O)n(C(C)C(F)(F)F)c(=O)n2CCC(F)(F)F. The average Bonchev–Trinajstić information content (AvgIpc) is 2.95. The van der Waals surface area contributed by atoms with E-state index in [-0.39, 0.29) is 25.2 Å². The highest BCUT2D eigenvalue weighted by molar-refractivity contribution is 7.20. The summed E-state index contributed by atoms with van der Waals surface area (Å²) in [6.07, 6.45) is -11.6. The molecule has 0 saturated heterocycles. The van der Waals surface area contributed by atoms with Crippen molar-refractivity contribution in [2.45, 2.75) is 71.5 Å². The van der Waals surface area contributed by atoms with Gasteiger partial charge < -0.3 is 5.11 Å². The summed E-state index contributed by atoms with van der Waals surface area (Å²) in [5.74, 6) is 0. The number of thiophene rings is 1. The topological polar surface area (TPSA) is 96.9 Å². The van der Waals surface area contributed by atoms with Crippen molar-refractivity contribution >= 4 is 33.9 Å². The van der Waals surface area contributed by atoms with Gasteiger partial charge in [0, 0.05) is 6.54 Å². The van der Waals surface area contributed by atoms with Crippen LogP contribution in [-0.4, -0.2) is 49.4 Å². The summed E-state index contributed by atoms with van der Waals surface area (Å²) in [6.45, 7) is 5.50. The predicted octanol–water partition coefficient (Wildman–Crippen LogP) is 4.72. The molecular weight excluding hydrogens is 494 g/mol. The quantitative estimate of drug-likeness (QED) is 0.353. The van der Waals surface area contributed by atoms with Crippen molar-refractivity contribution in [3.63, 3.8) is 0 Å². The van der Waals surface area contributed by atoms with Crippen LogP contribution in [-0.2, 0) is 6.54 Å². The van der Waals surface area contributed by atoms with Crippen LogP contribution in [0.3, 0.4) is 0 Å². The number of hydrogen-bond donors (Lipinski definition) is 1. The molecule has 8 nitrogen and oxygen atoms in total. The van der Waals surface area contributed by atoms with Crippen LogP contribution in [0.4, 0.5) is 31.1 Å². The van der Waals surface area contributed by atoms with Gasteiger partial charge in [0.15, 0.2) is 0 Å². The van der Waals surface area contributed by atoms with Crippen molar-refractivity contribution in [2.75, 3.05) is 0 Å². The first-order valence-electron chi connectivity index (χ1n) is 9.76. The van der Waals surface area contributed by atoms with Gasteiger partial charge in [-0.3, -0.25) is 9.36 Å². The molecule has 2 rings (SSSR count). The molecule has 2 aromatic rings. The second-order valence-corrected chi connectivity index (χ2v) is 9.50. The normalized spacial score (nSPS) is 14.2. The van der Waals surface area contributed by atoms with E-state index in [1.165, 1.54) is 6.92 Å². The lowest BCUT2D eigenvalue weighted by atomic mass is 10.1. The lowest BCUT2D eigenvalue weighted by Crippen LogP contribution is -2.45. The number of aromatic nitrogens is 2. The molecule has 0 spiro atoms. The third-order valence-electron chi connectivity index (χ3n) is 4.87. The number of nitrogens with zero attached hydrogens (tertiary/aromatic N) is 4. The Morgan fingerprint density at radius 3 is 2.18 bits per heavy atom. The molecule has 0 aliphatic heterocycles. The summed E-state index contributed by atoms with van der Waals surface area (Å²) < 4.78 is 78.9. The Morgan fingerprint density at radius 1 is 1.18 bits per heavy atom. The molecule has 15 heteroatoms. The lowest BCUT2D eigenvalue weighted by molar-refractivity contribution is -0.164. The Labute approximate surface area is 192 Å². The summed E-state index contributed by atoms with van der Waals surface area (Å²) in [5.41, 5.74) is -3.77. The third-order valence-corrected chi connectivity index (χ3v) is 6.12. The summed E-state index contributed by atoms with van der Waals surface area (Å²) >= 11 is 0.654. The number of rotatable bonds is 5. The first-order chi connectivity index (χ1) is 15.3. The fourth-order valence-corrected chi connectivity index (χ4v) is 4.23. The average molecular weight is 516 g/mol. The van der Waals surface area contributed by atoms with Crippen molar-refractivity contribution < 1.29 is 36.2 Å². The van der Waals surface area contributed by atoms with E-state index in [4.69, 9.17) is 0 Å². The van der Waals surface area contributed by atoms with E-state index >= 15 is 0 Å². The van der Waals surface area contributed by atoms with Crippen LogP contribution < -0.4 is 11.2 Å². The maximum Gasteiger partial charge on any atom is 0.428 e. The van der Waals surface area contributed by atoms with Crippen LogP contribution in [0, 0.1) is 6.92 Å². The van der Waals surface area contributed by atoms with Crippen LogP contribution in [0.2, 0.25) is 0 Å². The molecule has 34 heavy (non-hydrogen) atoms. The minimum Gasteiger partial charge on any atom is -0.464 e. The summed E-state index contributed by atoms with van der Waals surface area (Å²) in [5, 5.41) is 13.5. The largest absolute Gasteiger partial charge is 0.464 e. The van der Waals surface area contributed by atoms with E-state index in [9.17, 15) is 45.8 Å². The van der Waals surface area contributed by atoms with Crippen molar-refractivity contribution in [2.24, 2.45) is 5.10 Å². The third kappa shape index (κ3) is 5.62. The van der Waals surface area contributed by atoms with Gasteiger partial charge in [0.1, 0.15) is 10.9 Å². The standard InChI is InChI=1S/C19H22F6N4O4S/c1-9-11(8-26-29(16(32)33)17(3,4)5)34-14-12(9)13(30)28(10(2)19(23,24)25)15(31)27(14)7-6-18(20,21)22/h8,10H,6-7H2,1-5H3,(H,32,33)/b26-8+. The minimum atomic E-state index is -5.01. The van der Waals surface area contributed by atoms with Crippen molar-refractivity contribution in [3.05, 3.63) is 31.3 Å². The number of carboxylic acid groups (broad SMARTS) is 1. The summed E-state index contributed by atoms with van der Waals surface area (Å²) in [4.78, 5) is 37.0. The van der Waals surface area contributed by atoms with Crippen LogP contribution in [0.1, 0.15) is 50.6 Å². The van der Waals surface area contributed by atoms with Crippen molar-refractivity contribution in [1.29, 1.82) is 0 Å². The van der Waals surface area contributed by atoms with Gasteiger partial charge in [0.05, 0.1) is 28.4 Å². The first kappa shape index (κ1) is 27.4. The van der Waals surface area contributed by atoms with E-state index in [0.29, 0.717) is 27.8 Å². The van der Waals surface area contributed by atoms with Crippen LogP contribution in [0.25, 0.3) is 10.2 Å². The Hall–Kier alpha value is -2.84. The van der Waals surface area contributed by atoms with E-state index in [2.05, 4.69) is 5.10 Å². The molecule has 0 radical (unpaired) electrons. The number of hydrazone groups is 1. The van der Waals surface area contributed by atoms with Crippen LogP contribution in [0.5, 0.6) is 0 Å². The molecule has 2 aromatic heterocycles. The van der Waals surface area contributed by atoms with Gasteiger partial charge >= 0.3 is 24.1 Å². The molecule has 1 unspecified atom stereocenters. The van der Waals surface area contributed by atoms with Crippen LogP contribution in [0.15, 0.2) is 14.7 Å². The highest BCUT2D eigenvalue weighted by atomic mass is 32.1. The number of halogens is 6. The number of carbonyl (C=O) groups is 1. The fraction of sp³-hybridized carbons (Fsp3) is 0.579. The van der Waals surface area contributed by atoms with E-state index in [1.807, 2.05) is 0 Å². The molecule has 0 aliphatic carbocycles. The molecule has 0 aliphatic rings. The number of aryl methyl sites for hydroxylation is 2. The van der Waals surface area contributed by atoms with Gasteiger partial charge in [-0.2, -0.15) is 36.5 Å². The van der Waals surface area contributed by atoms with E-state index < -0.39 is 54.2 Å². The van der Waals surface area contributed by atoms with Gasteiger partial charge in [0.25, 0.3) is 5.56 Å². The number of alkyl halides is 6. The van der Waals surface area contributed by atoms with E-state index in [0.717, 1.165) is 6.21 Å². The maximum atomic E-state index is 13.3. The van der Waals surface area contributed by atoms with Crippen molar-refractivity contribution in [3.8, 4) is 0 Å². The second-order valence-electron chi connectivity index (χ2n) is 8.47. The highest BCUT2D eigenvalue weighted by Crippen LogP contribution is 2.31. The molecule has 1 amide bonds. The molecule has 0 saturated carbocycles. The van der Waals surface area contributed by atoms with Gasteiger partial charge in [-0.25, -0.2) is 14.2 Å². The summed E-state index contributed by atoms with van der Waals surface area (Å²) in [6, 6.07) is -2.59. The molecule has 2 heterocycles. The van der Waals surface area contributed by atoms with Gasteiger partial charge in [-0.15, -0.1) is 11.3 Å². The zero-order valence-corrected chi connectivity index (χ0v) is 19.5. The van der Waals surface area contributed by atoms with E-state index in [1.54, 1.807) is 20.8 Å². The maximum absolute atomic E-state index is 13.3. The number of fused-ring (bicyclic) bond motifs is 1. The predicted molar refractivity (Wildman–Crippen MR) is 114 cm³/mol. The Kier molecular flexibility index (Phi) is 7.31. The zero-order chi connectivity index (χ0) is 26.4.